The molecule has 118 valence electrons. The first-order chi connectivity index (χ1) is 9.65. The Morgan fingerprint density at radius 3 is 2.67 bits per heavy atom. The summed E-state index contributed by atoms with van der Waals surface area (Å²) in [4.78, 5) is 24.0. The lowest BCUT2D eigenvalue weighted by atomic mass is 9.52. The van der Waals surface area contributed by atoms with Crippen molar-refractivity contribution in [1.82, 2.24) is 0 Å². The van der Waals surface area contributed by atoms with Gasteiger partial charge in [-0.1, -0.05) is 13.8 Å². The number of ketones is 1. The van der Waals surface area contributed by atoms with E-state index in [4.69, 9.17) is 4.74 Å². The van der Waals surface area contributed by atoms with Crippen LogP contribution in [0.1, 0.15) is 33.6 Å². The van der Waals surface area contributed by atoms with E-state index < -0.39 is 29.0 Å². The number of rotatable bonds is 2. The van der Waals surface area contributed by atoms with Gasteiger partial charge in [-0.15, -0.1) is 0 Å². The van der Waals surface area contributed by atoms with E-state index in [1.165, 1.54) is 19.3 Å². The van der Waals surface area contributed by atoms with Crippen LogP contribution in [0.4, 0.5) is 0 Å². The fraction of sp³-hybridized carbons (Fsp3) is 0.750. The lowest BCUT2D eigenvalue weighted by Crippen LogP contribution is -2.60. The van der Waals surface area contributed by atoms with E-state index in [1.807, 2.05) is 0 Å². The van der Waals surface area contributed by atoms with Crippen LogP contribution in [-0.4, -0.2) is 40.8 Å². The Kier molecular flexibility index (Phi) is 4.02. The molecule has 0 aromatic carbocycles. The maximum atomic E-state index is 12.2. The van der Waals surface area contributed by atoms with Crippen molar-refractivity contribution in [1.29, 1.82) is 0 Å². The van der Waals surface area contributed by atoms with Crippen molar-refractivity contribution in [2.45, 2.75) is 45.3 Å². The van der Waals surface area contributed by atoms with Crippen LogP contribution < -0.4 is 0 Å². The van der Waals surface area contributed by atoms with E-state index >= 15 is 0 Å². The van der Waals surface area contributed by atoms with Crippen molar-refractivity contribution < 1.29 is 24.5 Å². The van der Waals surface area contributed by atoms with Gasteiger partial charge in [-0.3, -0.25) is 9.59 Å². The molecule has 5 nitrogen and oxygen atoms in total. The topological polar surface area (TPSA) is 83.8 Å². The molecule has 21 heavy (non-hydrogen) atoms. The average Bonchev–Trinajstić information content (AvgIpc) is 2.42. The van der Waals surface area contributed by atoms with Gasteiger partial charge in [0.2, 0.25) is 0 Å². The molecule has 2 aliphatic carbocycles. The highest BCUT2D eigenvalue weighted by Crippen LogP contribution is 2.53. The summed E-state index contributed by atoms with van der Waals surface area (Å²) in [7, 11) is 1.32. The van der Waals surface area contributed by atoms with Crippen molar-refractivity contribution in [3.05, 3.63) is 12.2 Å². The summed E-state index contributed by atoms with van der Waals surface area (Å²) in [6, 6.07) is 0. The van der Waals surface area contributed by atoms with Gasteiger partial charge in [0.25, 0.3) is 0 Å². The molecule has 0 radical (unpaired) electrons. The second-order valence-electron chi connectivity index (χ2n) is 6.82. The van der Waals surface area contributed by atoms with Crippen molar-refractivity contribution in [2.75, 3.05) is 7.11 Å². The number of carbonyl (C=O) groups is 2. The maximum absolute atomic E-state index is 12.2. The number of aliphatic hydroxyl groups excluding tert-OH is 1. The second kappa shape index (κ2) is 5.21. The quantitative estimate of drug-likeness (QED) is 0.745. The summed E-state index contributed by atoms with van der Waals surface area (Å²) in [5.74, 6) is -1.84. The molecule has 2 N–H and O–H groups in total. The Morgan fingerprint density at radius 2 is 2.10 bits per heavy atom. The molecule has 5 heteroatoms. The third-order valence-corrected chi connectivity index (χ3v) is 5.44. The first-order valence-electron chi connectivity index (χ1n) is 7.37. The van der Waals surface area contributed by atoms with Crippen LogP contribution in [0.25, 0.3) is 0 Å². The van der Waals surface area contributed by atoms with Gasteiger partial charge in [0.15, 0.2) is 5.78 Å². The maximum Gasteiger partial charge on any atom is 0.308 e. The third kappa shape index (κ3) is 2.42. The summed E-state index contributed by atoms with van der Waals surface area (Å²) >= 11 is 0. The zero-order chi connectivity index (χ0) is 16.0. The Morgan fingerprint density at radius 1 is 1.48 bits per heavy atom. The van der Waals surface area contributed by atoms with Crippen LogP contribution in [0, 0.1) is 23.2 Å². The van der Waals surface area contributed by atoms with Crippen LogP contribution in [0.15, 0.2) is 12.2 Å². The van der Waals surface area contributed by atoms with Gasteiger partial charge in [-0.25, -0.2) is 0 Å². The number of allylic oxidation sites excluding steroid dienone is 1. The van der Waals surface area contributed by atoms with Gasteiger partial charge in [0.05, 0.1) is 24.7 Å². The summed E-state index contributed by atoms with van der Waals surface area (Å²) in [6.45, 7) is 5.12. The number of carbonyl (C=O) groups excluding carboxylic acids is 2. The molecule has 0 unspecified atom stereocenters. The molecular weight excluding hydrogens is 272 g/mol. The van der Waals surface area contributed by atoms with E-state index in [9.17, 15) is 19.8 Å². The molecule has 0 spiro atoms. The van der Waals surface area contributed by atoms with E-state index in [2.05, 4.69) is 0 Å². The van der Waals surface area contributed by atoms with Gasteiger partial charge in [-0.2, -0.15) is 0 Å². The zero-order valence-electron chi connectivity index (χ0n) is 13.0. The first-order valence-corrected chi connectivity index (χ1v) is 7.37. The molecule has 6 atom stereocenters. The molecule has 0 amide bonds. The first kappa shape index (κ1) is 16.2. The molecule has 1 saturated carbocycles. The number of ether oxygens (including phenoxy) is 1. The van der Waals surface area contributed by atoms with Gasteiger partial charge in [-0.05, 0) is 37.8 Å². The highest BCUT2D eigenvalue weighted by atomic mass is 16.5. The molecule has 2 rings (SSSR count). The lowest BCUT2D eigenvalue weighted by Gasteiger charge is -2.53. The lowest BCUT2D eigenvalue weighted by molar-refractivity contribution is -0.172. The van der Waals surface area contributed by atoms with Crippen molar-refractivity contribution >= 4 is 11.8 Å². The molecule has 0 aromatic rings. The molecular formula is C16H24O5. The highest BCUT2D eigenvalue weighted by molar-refractivity contribution is 5.96. The van der Waals surface area contributed by atoms with Crippen LogP contribution >= 0.6 is 0 Å². The SMILES string of the molecule is COC(=O)[C@@H](C)[C@@H]1CC[C@]2(C)C(=O)C=C[C@](C)(O)[C@@H]2[C@@H]1O. The molecule has 0 saturated heterocycles. The van der Waals surface area contributed by atoms with Crippen molar-refractivity contribution in [3.8, 4) is 0 Å². The van der Waals surface area contributed by atoms with E-state index in [1.54, 1.807) is 20.8 Å². The van der Waals surface area contributed by atoms with Crippen LogP contribution in [0.3, 0.4) is 0 Å². The largest absolute Gasteiger partial charge is 0.469 e. The summed E-state index contributed by atoms with van der Waals surface area (Å²) in [6.07, 6.45) is 3.03. The normalized spacial score (nSPS) is 44.1. The monoisotopic (exact) mass is 296 g/mol. The molecule has 1 fully saturated rings. The fourth-order valence-electron chi connectivity index (χ4n) is 4.13. The van der Waals surface area contributed by atoms with Crippen LogP contribution in [0.5, 0.6) is 0 Å². The van der Waals surface area contributed by atoms with Crippen molar-refractivity contribution in [2.24, 2.45) is 23.2 Å². The minimum Gasteiger partial charge on any atom is -0.469 e. The van der Waals surface area contributed by atoms with Crippen LogP contribution in [-0.2, 0) is 14.3 Å². The summed E-state index contributed by atoms with van der Waals surface area (Å²) in [5.41, 5.74) is -2.05. The predicted octanol–water partition coefficient (Wildman–Crippen LogP) is 1.08. The van der Waals surface area contributed by atoms with E-state index in [0.29, 0.717) is 12.8 Å². The van der Waals surface area contributed by atoms with Crippen LogP contribution in [0.2, 0.25) is 0 Å². The number of hydrogen-bond acceptors (Lipinski definition) is 5. The smallest absolute Gasteiger partial charge is 0.308 e. The van der Waals surface area contributed by atoms with Gasteiger partial charge in [0, 0.05) is 11.3 Å². The van der Waals surface area contributed by atoms with Gasteiger partial charge in [0.1, 0.15) is 0 Å². The molecule has 0 aliphatic heterocycles. The Balaban J connectivity index is 2.36. The summed E-state index contributed by atoms with van der Waals surface area (Å²) < 4.78 is 4.75. The number of aliphatic hydroxyl groups is 2. The summed E-state index contributed by atoms with van der Waals surface area (Å²) in [5, 5.41) is 21.3. The van der Waals surface area contributed by atoms with Gasteiger partial charge >= 0.3 is 5.97 Å². The number of hydrogen-bond donors (Lipinski definition) is 2. The minimum absolute atomic E-state index is 0.0674. The van der Waals surface area contributed by atoms with E-state index in [-0.39, 0.29) is 17.7 Å². The number of fused-ring (bicyclic) bond motifs is 1. The number of esters is 1. The Hall–Kier alpha value is -1.20. The van der Waals surface area contributed by atoms with E-state index in [0.717, 1.165) is 0 Å². The third-order valence-electron chi connectivity index (χ3n) is 5.44. The molecule has 2 aliphatic rings. The van der Waals surface area contributed by atoms with Crippen molar-refractivity contribution in [3.63, 3.8) is 0 Å². The predicted molar refractivity (Wildman–Crippen MR) is 76.3 cm³/mol. The molecule has 0 heterocycles. The second-order valence-corrected chi connectivity index (χ2v) is 6.82. The zero-order valence-corrected chi connectivity index (χ0v) is 13.0. The Bertz CT molecular complexity index is 481. The standard InChI is InChI=1S/C16H24O5/c1-9(14(19)21-4)10-5-7-15(2)11(17)6-8-16(3,20)13(15)12(10)18/h6,8-10,12-13,18,20H,5,7H2,1-4H3/t9-,10-,12+,13+,15+,16-/m0/s1. The highest BCUT2D eigenvalue weighted by Gasteiger charge is 2.58. The molecule has 0 bridgehead atoms. The van der Waals surface area contributed by atoms with Gasteiger partial charge < -0.3 is 14.9 Å². The fourth-order valence-corrected chi connectivity index (χ4v) is 4.13. The average molecular weight is 296 g/mol. The number of methoxy groups -OCH3 is 1. The Labute approximate surface area is 125 Å². The molecule has 0 aromatic heterocycles. The minimum atomic E-state index is -1.27.